The molecule has 2 unspecified atom stereocenters. The van der Waals surface area contributed by atoms with E-state index >= 15 is 0 Å². The summed E-state index contributed by atoms with van der Waals surface area (Å²) in [5.74, 6) is 1.53. The normalized spacial score (nSPS) is 30.8. The molecule has 5 rings (SSSR count). The first-order valence-corrected chi connectivity index (χ1v) is 13.2. The summed E-state index contributed by atoms with van der Waals surface area (Å²) >= 11 is 0. The highest BCUT2D eigenvalue weighted by Gasteiger charge is 2.65. The minimum absolute atomic E-state index is 0.00815. The van der Waals surface area contributed by atoms with Gasteiger partial charge in [-0.2, -0.15) is 0 Å². The van der Waals surface area contributed by atoms with Gasteiger partial charge in [-0.05, 0) is 50.8 Å². The van der Waals surface area contributed by atoms with Crippen molar-refractivity contribution in [3.05, 3.63) is 28.8 Å². The number of methoxy groups -OCH3 is 1. The molecule has 8 nitrogen and oxygen atoms in total. The van der Waals surface area contributed by atoms with E-state index in [4.69, 9.17) is 28.4 Å². The number of nitrogens with zero attached hydrogens (tertiary/aromatic N) is 1. The van der Waals surface area contributed by atoms with E-state index < -0.39 is 0 Å². The van der Waals surface area contributed by atoms with Gasteiger partial charge in [-0.15, -0.1) is 0 Å². The molecule has 1 aromatic rings. The maximum absolute atomic E-state index is 10.0. The van der Waals surface area contributed by atoms with Crippen molar-refractivity contribution < 1.29 is 33.5 Å². The van der Waals surface area contributed by atoms with Crippen LogP contribution in [0.25, 0.3) is 0 Å². The summed E-state index contributed by atoms with van der Waals surface area (Å²) in [6, 6.07) is 4.84. The highest BCUT2D eigenvalue weighted by Crippen LogP contribution is 2.63. The summed E-state index contributed by atoms with van der Waals surface area (Å²) in [7, 11) is 3.93. The van der Waals surface area contributed by atoms with Gasteiger partial charge in [0.1, 0.15) is 11.9 Å². The van der Waals surface area contributed by atoms with E-state index in [9.17, 15) is 5.11 Å². The molecule has 4 aliphatic rings. The number of hydrogen-bond donors (Lipinski definition) is 1. The number of aliphatic hydroxyl groups excluding tert-OH is 1. The molecular weight excluding hydrogens is 450 g/mol. The van der Waals surface area contributed by atoms with Crippen molar-refractivity contribution >= 4 is 0 Å². The molecular formula is C27H41NO7. The Hall–Kier alpha value is -1.26. The van der Waals surface area contributed by atoms with Gasteiger partial charge in [0, 0.05) is 29.7 Å². The Morgan fingerprint density at radius 1 is 1.00 bits per heavy atom. The van der Waals surface area contributed by atoms with Gasteiger partial charge in [0.25, 0.3) is 0 Å². The van der Waals surface area contributed by atoms with Crippen molar-refractivity contribution in [2.45, 2.75) is 56.0 Å². The van der Waals surface area contributed by atoms with E-state index in [0.717, 1.165) is 43.5 Å². The van der Waals surface area contributed by atoms with Gasteiger partial charge in [0.2, 0.25) is 0 Å². The zero-order valence-corrected chi connectivity index (χ0v) is 21.2. The average molecular weight is 492 g/mol. The maximum Gasteiger partial charge on any atom is 0.135 e. The molecule has 196 valence electrons. The first-order valence-electron chi connectivity index (χ1n) is 13.2. The van der Waals surface area contributed by atoms with Crippen LogP contribution < -0.4 is 4.74 Å². The molecule has 1 saturated carbocycles. The van der Waals surface area contributed by atoms with Crippen LogP contribution in [0.5, 0.6) is 5.75 Å². The van der Waals surface area contributed by atoms with E-state index in [1.807, 2.05) is 0 Å². The van der Waals surface area contributed by atoms with Gasteiger partial charge in [-0.3, -0.25) is 0 Å². The van der Waals surface area contributed by atoms with Crippen LogP contribution in [0.2, 0.25) is 0 Å². The fraction of sp³-hybridized carbons (Fsp3) is 0.778. The molecule has 1 N–H and O–H groups in total. The molecule has 2 heterocycles. The summed E-state index contributed by atoms with van der Waals surface area (Å²) < 4.78 is 34.7. The van der Waals surface area contributed by atoms with Crippen molar-refractivity contribution in [3.63, 3.8) is 0 Å². The highest BCUT2D eigenvalue weighted by molar-refractivity contribution is 5.58. The van der Waals surface area contributed by atoms with Crippen LogP contribution in [-0.2, 0) is 42.1 Å². The topological polar surface area (TPSA) is 78.9 Å². The Bertz CT molecular complexity index is 851. The van der Waals surface area contributed by atoms with Gasteiger partial charge in [0.15, 0.2) is 0 Å². The van der Waals surface area contributed by atoms with Crippen LogP contribution in [0.1, 0.15) is 36.0 Å². The molecule has 1 aromatic carbocycles. The number of likely N-dealkylation sites (N-methyl/N-ethyl adjacent to an activating group) is 1. The number of likely N-dealkylation sites (tertiary alicyclic amines) is 1. The second-order valence-corrected chi connectivity index (χ2v) is 10.2. The zero-order chi connectivity index (χ0) is 24.3. The number of rotatable bonds is 14. The Morgan fingerprint density at radius 3 is 2.43 bits per heavy atom. The molecule has 1 spiro atoms. The molecule has 2 bridgehead atoms. The van der Waals surface area contributed by atoms with Gasteiger partial charge in [-0.25, -0.2) is 0 Å². The molecule has 2 fully saturated rings. The van der Waals surface area contributed by atoms with Crippen LogP contribution in [0.4, 0.5) is 0 Å². The van der Waals surface area contributed by atoms with E-state index in [2.05, 4.69) is 24.1 Å². The quantitative estimate of drug-likeness (QED) is 0.396. The highest BCUT2D eigenvalue weighted by atomic mass is 16.6. The first-order chi connectivity index (χ1) is 17.2. The standard InChI is InChI=1S/C27H41NO7/c1-28-8-7-27-21-5-6-23(34-16-15-33-14-13-32-12-11-31-10-9-30-2)26(27)35-25-20(18-29)4-3-19(24(25)27)17-22(21)28/h3-4,21-23,26,29H,5-18H2,1-2H3/t21?,22?,23-,26-,27-/m0/s1. The molecule has 2 aliphatic heterocycles. The second-order valence-electron chi connectivity index (χ2n) is 10.2. The lowest BCUT2D eigenvalue weighted by molar-refractivity contribution is -0.129. The number of ether oxygens (including phenoxy) is 6. The van der Waals surface area contributed by atoms with E-state index in [1.54, 1.807) is 7.11 Å². The van der Waals surface area contributed by atoms with Crippen molar-refractivity contribution in [1.82, 2.24) is 4.90 Å². The van der Waals surface area contributed by atoms with Crippen molar-refractivity contribution in [3.8, 4) is 5.75 Å². The Labute approximate surface area is 208 Å². The number of hydrogen-bond acceptors (Lipinski definition) is 8. The number of piperidine rings is 1. The minimum atomic E-state index is 0.00815. The van der Waals surface area contributed by atoms with E-state index in [-0.39, 0.29) is 24.2 Å². The monoisotopic (exact) mass is 491 g/mol. The summed E-state index contributed by atoms with van der Waals surface area (Å²) in [6.45, 7) is 5.59. The second kappa shape index (κ2) is 11.4. The van der Waals surface area contributed by atoms with Gasteiger partial charge < -0.3 is 38.4 Å². The number of benzene rings is 1. The molecule has 0 aromatic heterocycles. The summed E-state index contributed by atoms with van der Waals surface area (Å²) in [5.41, 5.74) is 3.71. The predicted octanol–water partition coefficient (Wildman–Crippen LogP) is 1.93. The van der Waals surface area contributed by atoms with Crippen LogP contribution in [-0.4, -0.2) is 102 Å². The Balaban J connectivity index is 1.14. The average Bonchev–Trinajstić information content (AvgIpc) is 3.22. The SMILES string of the molecule is COCCOCCOCCOCCO[C@H]1CCC2C3Cc4ccc(CO)c5c4[C@@]2(CCN3C)[C@H]1O5. The van der Waals surface area contributed by atoms with Crippen molar-refractivity contribution in [2.24, 2.45) is 5.92 Å². The van der Waals surface area contributed by atoms with Crippen LogP contribution in [0.3, 0.4) is 0 Å². The van der Waals surface area contributed by atoms with E-state index in [1.165, 1.54) is 11.1 Å². The zero-order valence-electron chi connectivity index (χ0n) is 21.2. The largest absolute Gasteiger partial charge is 0.486 e. The molecule has 8 heteroatoms. The molecule has 0 radical (unpaired) electrons. The first kappa shape index (κ1) is 25.4. The van der Waals surface area contributed by atoms with Crippen LogP contribution >= 0.6 is 0 Å². The predicted molar refractivity (Wildman–Crippen MR) is 130 cm³/mol. The molecule has 0 amide bonds. The third-order valence-electron chi connectivity index (χ3n) is 8.55. The molecule has 35 heavy (non-hydrogen) atoms. The minimum Gasteiger partial charge on any atom is -0.486 e. The van der Waals surface area contributed by atoms with E-state index in [0.29, 0.717) is 64.8 Å². The summed E-state index contributed by atoms with van der Waals surface area (Å²) in [4.78, 5) is 2.55. The molecule has 1 saturated heterocycles. The lowest BCUT2D eigenvalue weighted by Crippen LogP contribution is -2.66. The summed E-state index contributed by atoms with van der Waals surface area (Å²) in [6.07, 6.45) is 4.39. The molecule has 5 atom stereocenters. The Kier molecular flexibility index (Phi) is 8.29. The van der Waals surface area contributed by atoms with Gasteiger partial charge in [-0.1, -0.05) is 12.1 Å². The van der Waals surface area contributed by atoms with Crippen LogP contribution in [0.15, 0.2) is 12.1 Å². The van der Waals surface area contributed by atoms with Gasteiger partial charge in [0.05, 0.1) is 65.6 Å². The summed E-state index contributed by atoms with van der Waals surface area (Å²) in [5, 5.41) is 10.0. The van der Waals surface area contributed by atoms with Gasteiger partial charge >= 0.3 is 0 Å². The van der Waals surface area contributed by atoms with Crippen molar-refractivity contribution in [2.75, 3.05) is 73.6 Å². The number of aliphatic hydroxyl groups is 1. The Morgan fingerprint density at radius 2 is 1.71 bits per heavy atom. The fourth-order valence-electron chi connectivity index (χ4n) is 7.00. The smallest absolute Gasteiger partial charge is 0.135 e. The maximum atomic E-state index is 10.0. The molecule has 2 aliphatic carbocycles. The lowest BCUT2D eigenvalue weighted by Gasteiger charge is -2.58. The lowest BCUT2D eigenvalue weighted by atomic mass is 9.51. The van der Waals surface area contributed by atoms with Crippen molar-refractivity contribution in [1.29, 1.82) is 0 Å². The third-order valence-corrected chi connectivity index (χ3v) is 8.55. The fourth-order valence-corrected chi connectivity index (χ4v) is 7.00. The third kappa shape index (κ3) is 4.75. The van der Waals surface area contributed by atoms with Crippen LogP contribution in [0, 0.1) is 5.92 Å².